The summed E-state index contributed by atoms with van der Waals surface area (Å²) in [5.74, 6) is 0.190. The monoisotopic (exact) mass is 213 g/mol. The lowest BCUT2D eigenvalue weighted by atomic mass is 9.89. The number of aliphatic hydroxyl groups is 1. The molecule has 0 aliphatic carbocycles. The highest BCUT2D eigenvalue weighted by molar-refractivity contribution is 5.85. The number of rotatable bonds is 3. The predicted molar refractivity (Wildman–Crippen MR) is 60.7 cm³/mol. The van der Waals surface area contributed by atoms with E-state index in [2.05, 4.69) is 4.90 Å². The van der Waals surface area contributed by atoms with Crippen LogP contribution in [0.4, 0.5) is 0 Å². The highest BCUT2D eigenvalue weighted by atomic mass is 16.3. The van der Waals surface area contributed by atoms with Crippen molar-refractivity contribution in [1.29, 1.82) is 0 Å². The first-order valence-corrected chi connectivity index (χ1v) is 5.68. The Morgan fingerprint density at radius 1 is 1.60 bits per heavy atom. The highest BCUT2D eigenvalue weighted by Crippen LogP contribution is 2.35. The fourth-order valence-electron chi connectivity index (χ4n) is 2.19. The van der Waals surface area contributed by atoms with E-state index in [1.54, 1.807) is 6.92 Å². The summed E-state index contributed by atoms with van der Waals surface area (Å²) in [6, 6.07) is 0. The first-order valence-electron chi connectivity index (χ1n) is 5.68. The number of aliphatic hydroxyl groups excluding tert-OH is 1. The molecule has 1 saturated heterocycles. The molecule has 3 heteroatoms. The van der Waals surface area contributed by atoms with Gasteiger partial charge in [0, 0.05) is 18.5 Å². The van der Waals surface area contributed by atoms with Crippen molar-refractivity contribution < 1.29 is 9.90 Å². The molecular formula is C12H23NO2. The summed E-state index contributed by atoms with van der Waals surface area (Å²) in [6.07, 6.45) is 0.466. The topological polar surface area (TPSA) is 40.5 Å². The van der Waals surface area contributed by atoms with Crippen LogP contribution < -0.4 is 0 Å². The predicted octanol–water partition coefficient (Wildman–Crippen LogP) is 1.45. The lowest BCUT2D eigenvalue weighted by Crippen LogP contribution is -2.50. The minimum Gasteiger partial charge on any atom is -0.391 e. The zero-order chi connectivity index (χ0) is 11.9. The fourth-order valence-corrected chi connectivity index (χ4v) is 2.19. The van der Waals surface area contributed by atoms with Gasteiger partial charge in [-0.3, -0.25) is 9.69 Å². The third-order valence-electron chi connectivity index (χ3n) is 4.04. The van der Waals surface area contributed by atoms with Gasteiger partial charge in [-0.1, -0.05) is 20.8 Å². The van der Waals surface area contributed by atoms with Gasteiger partial charge in [0.25, 0.3) is 0 Å². The second-order valence-corrected chi connectivity index (χ2v) is 5.57. The van der Waals surface area contributed by atoms with Crippen LogP contribution in [0.3, 0.4) is 0 Å². The highest BCUT2D eigenvalue weighted by Gasteiger charge is 2.46. The number of carbonyl (C=O) groups is 1. The van der Waals surface area contributed by atoms with E-state index < -0.39 is 5.54 Å². The molecule has 1 heterocycles. The second kappa shape index (κ2) is 3.87. The number of β-amino-alcohol motifs (C(OH)–C–C–N with tert-alkyl or cyclic N) is 1. The zero-order valence-electron chi connectivity index (χ0n) is 10.5. The first-order chi connectivity index (χ1) is 6.74. The third kappa shape index (κ3) is 2.08. The Morgan fingerprint density at radius 2 is 2.13 bits per heavy atom. The average Bonchev–Trinajstić information content (AvgIpc) is 2.40. The van der Waals surface area contributed by atoms with Gasteiger partial charge in [0.15, 0.2) is 0 Å². The summed E-state index contributed by atoms with van der Waals surface area (Å²) < 4.78 is 0. The number of Topliss-reactive ketones (excluding diaryl/α,β-unsaturated/α-hetero) is 1. The normalized spacial score (nSPS) is 30.1. The summed E-state index contributed by atoms with van der Waals surface area (Å²) >= 11 is 0. The van der Waals surface area contributed by atoms with Gasteiger partial charge in [-0.2, -0.15) is 0 Å². The second-order valence-electron chi connectivity index (χ2n) is 5.57. The van der Waals surface area contributed by atoms with E-state index in [-0.39, 0.29) is 17.3 Å². The van der Waals surface area contributed by atoms with Crippen molar-refractivity contribution >= 4 is 5.78 Å². The van der Waals surface area contributed by atoms with Crippen LogP contribution in [0.15, 0.2) is 0 Å². The fraction of sp³-hybridized carbons (Fsp3) is 0.917. The molecule has 0 radical (unpaired) electrons. The van der Waals surface area contributed by atoms with Crippen LogP contribution in [0, 0.1) is 5.41 Å². The Bertz CT molecular complexity index is 262. The number of ketones is 1. The van der Waals surface area contributed by atoms with E-state index in [1.807, 2.05) is 27.7 Å². The van der Waals surface area contributed by atoms with Crippen LogP contribution in [0.1, 0.15) is 41.0 Å². The Labute approximate surface area is 92.5 Å². The number of hydrogen-bond acceptors (Lipinski definition) is 3. The molecule has 3 nitrogen and oxygen atoms in total. The largest absolute Gasteiger partial charge is 0.391 e. The number of hydrogen-bond donors (Lipinski definition) is 1. The molecule has 15 heavy (non-hydrogen) atoms. The maximum absolute atomic E-state index is 11.7. The SMILES string of the molecule is CCC(C)(C(C)=O)N1CC(O)C(C)(C)C1. The number of likely N-dealkylation sites (tertiary alicyclic amines) is 1. The molecule has 0 amide bonds. The molecule has 1 rings (SSSR count). The Morgan fingerprint density at radius 3 is 2.40 bits per heavy atom. The van der Waals surface area contributed by atoms with Crippen molar-refractivity contribution in [2.75, 3.05) is 13.1 Å². The van der Waals surface area contributed by atoms with E-state index in [1.165, 1.54) is 0 Å². The molecule has 0 aromatic heterocycles. The van der Waals surface area contributed by atoms with Gasteiger partial charge >= 0.3 is 0 Å². The molecule has 0 aromatic carbocycles. The molecule has 1 fully saturated rings. The van der Waals surface area contributed by atoms with Gasteiger partial charge in [-0.25, -0.2) is 0 Å². The van der Waals surface area contributed by atoms with Gasteiger partial charge in [-0.15, -0.1) is 0 Å². The Hall–Kier alpha value is -0.410. The molecule has 0 saturated carbocycles. The van der Waals surface area contributed by atoms with Gasteiger partial charge in [0.2, 0.25) is 0 Å². The maximum Gasteiger partial charge on any atom is 0.149 e. The zero-order valence-corrected chi connectivity index (χ0v) is 10.5. The van der Waals surface area contributed by atoms with Crippen molar-refractivity contribution in [3.8, 4) is 0 Å². The molecule has 0 bridgehead atoms. The average molecular weight is 213 g/mol. The van der Waals surface area contributed by atoms with Crippen molar-refractivity contribution in [3.05, 3.63) is 0 Å². The molecule has 0 spiro atoms. The summed E-state index contributed by atoms with van der Waals surface area (Å²) in [7, 11) is 0. The third-order valence-corrected chi connectivity index (χ3v) is 4.04. The van der Waals surface area contributed by atoms with Crippen molar-refractivity contribution in [2.24, 2.45) is 5.41 Å². The minimum atomic E-state index is -0.408. The maximum atomic E-state index is 11.7. The van der Waals surface area contributed by atoms with Gasteiger partial charge < -0.3 is 5.11 Å². The number of nitrogens with zero attached hydrogens (tertiary/aromatic N) is 1. The van der Waals surface area contributed by atoms with Crippen molar-refractivity contribution in [1.82, 2.24) is 4.90 Å². The van der Waals surface area contributed by atoms with Crippen molar-refractivity contribution in [2.45, 2.75) is 52.7 Å². The minimum absolute atomic E-state index is 0.105. The summed E-state index contributed by atoms with van der Waals surface area (Å²) in [4.78, 5) is 13.8. The van der Waals surface area contributed by atoms with E-state index in [0.717, 1.165) is 13.0 Å². The van der Waals surface area contributed by atoms with Gasteiger partial charge in [0.05, 0.1) is 11.6 Å². The van der Waals surface area contributed by atoms with Gasteiger partial charge in [0.1, 0.15) is 5.78 Å². The van der Waals surface area contributed by atoms with Crippen LogP contribution in [0.25, 0.3) is 0 Å². The molecule has 1 aliphatic rings. The number of carbonyl (C=O) groups excluding carboxylic acids is 1. The van der Waals surface area contributed by atoms with E-state index >= 15 is 0 Å². The summed E-state index contributed by atoms with van der Waals surface area (Å²) in [5, 5.41) is 9.92. The van der Waals surface area contributed by atoms with E-state index in [9.17, 15) is 9.90 Å². The molecule has 1 aliphatic heterocycles. The van der Waals surface area contributed by atoms with Crippen LogP contribution >= 0.6 is 0 Å². The van der Waals surface area contributed by atoms with Crippen LogP contribution in [-0.2, 0) is 4.79 Å². The summed E-state index contributed by atoms with van der Waals surface area (Å²) in [5.41, 5.74) is -0.513. The van der Waals surface area contributed by atoms with E-state index in [0.29, 0.717) is 6.54 Å². The lowest BCUT2D eigenvalue weighted by Gasteiger charge is -2.36. The van der Waals surface area contributed by atoms with Gasteiger partial charge in [-0.05, 0) is 20.3 Å². The molecule has 2 unspecified atom stereocenters. The van der Waals surface area contributed by atoms with Crippen LogP contribution in [0.2, 0.25) is 0 Å². The quantitative estimate of drug-likeness (QED) is 0.771. The molecule has 1 N–H and O–H groups in total. The Balaban J connectivity index is 2.87. The smallest absolute Gasteiger partial charge is 0.149 e. The summed E-state index contributed by atoms with van der Waals surface area (Å²) in [6.45, 7) is 11.1. The first kappa shape index (κ1) is 12.7. The lowest BCUT2D eigenvalue weighted by molar-refractivity contribution is -0.128. The molecule has 2 atom stereocenters. The molecule has 88 valence electrons. The van der Waals surface area contributed by atoms with E-state index in [4.69, 9.17) is 0 Å². The van der Waals surface area contributed by atoms with Crippen LogP contribution in [-0.4, -0.2) is 40.5 Å². The standard InChI is InChI=1S/C12H23NO2/c1-6-12(5,9(2)14)13-7-10(15)11(3,4)8-13/h10,15H,6-8H2,1-5H3. The Kier molecular flexibility index (Phi) is 3.27. The van der Waals surface area contributed by atoms with Crippen LogP contribution in [0.5, 0.6) is 0 Å². The molecule has 0 aromatic rings. The van der Waals surface area contributed by atoms with Crippen molar-refractivity contribution in [3.63, 3.8) is 0 Å². The molecular weight excluding hydrogens is 190 g/mol.